The summed E-state index contributed by atoms with van der Waals surface area (Å²) in [5, 5.41) is 15.6. The van der Waals surface area contributed by atoms with Crippen LogP contribution in [0.1, 0.15) is 17.2 Å². The molecule has 0 amide bonds. The molecule has 0 aliphatic carbocycles. The fourth-order valence-electron chi connectivity index (χ4n) is 1.81. The van der Waals surface area contributed by atoms with Crippen LogP contribution in [-0.2, 0) is 27.1 Å². The minimum atomic E-state index is 0.787. The van der Waals surface area contributed by atoms with Gasteiger partial charge in [0, 0.05) is 33.6 Å². The van der Waals surface area contributed by atoms with Gasteiger partial charge in [-0.15, -0.1) is 10.2 Å². The highest BCUT2D eigenvalue weighted by Gasteiger charge is 2.09. The molecule has 2 aromatic rings. The van der Waals surface area contributed by atoms with Crippen molar-refractivity contribution in [2.75, 3.05) is 6.54 Å². The van der Waals surface area contributed by atoms with Gasteiger partial charge in [-0.1, -0.05) is 0 Å². The minimum Gasteiger partial charge on any atom is -0.321 e. The second-order valence-corrected chi connectivity index (χ2v) is 5.05. The Balaban J connectivity index is 1.84. The van der Waals surface area contributed by atoms with Crippen molar-refractivity contribution in [1.82, 2.24) is 29.9 Å². The Morgan fingerprint density at radius 3 is 2.72 bits per heavy atom. The Hall–Kier alpha value is -1.21. The van der Waals surface area contributed by atoms with Crippen LogP contribution in [0.4, 0.5) is 0 Å². The lowest BCUT2D eigenvalue weighted by molar-refractivity contribution is 0.609. The number of rotatable bonds is 5. The van der Waals surface area contributed by atoms with E-state index in [1.807, 2.05) is 30.3 Å². The van der Waals surface area contributed by atoms with E-state index in [1.165, 1.54) is 0 Å². The summed E-state index contributed by atoms with van der Waals surface area (Å²) >= 11 is 3.55. The number of aromatic nitrogens is 5. The van der Waals surface area contributed by atoms with E-state index in [1.54, 1.807) is 6.33 Å². The Morgan fingerprint density at radius 1 is 1.39 bits per heavy atom. The average Bonchev–Trinajstić information content (AvgIpc) is 2.83. The van der Waals surface area contributed by atoms with E-state index in [4.69, 9.17) is 0 Å². The molecule has 0 aromatic carbocycles. The monoisotopic (exact) mass is 312 g/mol. The zero-order valence-electron chi connectivity index (χ0n) is 10.8. The largest absolute Gasteiger partial charge is 0.321 e. The van der Waals surface area contributed by atoms with Crippen molar-refractivity contribution in [2.45, 2.75) is 19.9 Å². The fourth-order valence-corrected chi connectivity index (χ4v) is 2.29. The van der Waals surface area contributed by atoms with Gasteiger partial charge in [0.25, 0.3) is 0 Å². The van der Waals surface area contributed by atoms with Crippen LogP contribution in [0.2, 0.25) is 0 Å². The molecule has 0 aliphatic rings. The summed E-state index contributed by atoms with van der Waals surface area (Å²) in [6.45, 7) is 3.64. The third-order valence-electron chi connectivity index (χ3n) is 2.88. The molecule has 2 aromatic heterocycles. The van der Waals surface area contributed by atoms with Crippen molar-refractivity contribution in [1.29, 1.82) is 0 Å². The van der Waals surface area contributed by atoms with Crippen molar-refractivity contribution in [2.24, 2.45) is 14.1 Å². The number of nitrogens with zero attached hydrogens (tertiary/aromatic N) is 5. The first kappa shape index (κ1) is 13.2. The number of aryl methyl sites for hydroxylation is 3. The normalized spacial score (nSPS) is 11.1. The molecular formula is C11H17BrN6. The molecule has 6 nitrogen and oxygen atoms in total. The molecule has 0 fully saturated rings. The maximum absolute atomic E-state index is 4.36. The summed E-state index contributed by atoms with van der Waals surface area (Å²) in [5.74, 6) is 0.989. The van der Waals surface area contributed by atoms with Crippen LogP contribution in [0, 0.1) is 6.92 Å². The van der Waals surface area contributed by atoms with Crippen molar-refractivity contribution in [3.05, 3.63) is 28.0 Å². The second kappa shape index (κ2) is 5.62. The molecule has 0 spiro atoms. The first-order chi connectivity index (χ1) is 8.59. The smallest absolute Gasteiger partial charge is 0.133 e. The molecular weight excluding hydrogens is 296 g/mol. The average molecular weight is 313 g/mol. The summed E-state index contributed by atoms with van der Waals surface area (Å²) in [4.78, 5) is 0. The standard InChI is InChI=1S/C11H17BrN6/c1-8-11(12)9(18(3)16-8)6-13-5-4-10-15-14-7-17(10)2/h7,13H,4-6H2,1-3H3. The van der Waals surface area contributed by atoms with Crippen LogP contribution in [-0.4, -0.2) is 31.1 Å². The van der Waals surface area contributed by atoms with Crippen molar-refractivity contribution >= 4 is 15.9 Å². The van der Waals surface area contributed by atoms with Crippen LogP contribution in [0.25, 0.3) is 0 Å². The molecule has 2 heterocycles. The SMILES string of the molecule is Cc1nn(C)c(CNCCc2nncn2C)c1Br. The van der Waals surface area contributed by atoms with Crippen LogP contribution in [0.3, 0.4) is 0 Å². The van der Waals surface area contributed by atoms with E-state index in [2.05, 4.69) is 36.5 Å². The van der Waals surface area contributed by atoms with Crippen LogP contribution >= 0.6 is 15.9 Å². The van der Waals surface area contributed by atoms with E-state index in [9.17, 15) is 0 Å². The molecule has 2 rings (SSSR count). The summed E-state index contributed by atoms with van der Waals surface area (Å²) in [6, 6.07) is 0. The van der Waals surface area contributed by atoms with Gasteiger partial charge < -0.3 is 9.88 Å². The second-order valence-electron chi connectivity index (χ2n) is 4.25. The lowest BCUT2D eigenvalue weighted by atomic mass is 10.3. The third-order valence-corrected chi connectivity index (χ3v) is 3.92. The summed E-state index contributed by atoms with van der Waals surface area (Å²) in [5.41, 5.74) is 2.17. The fraction of sp³-hybridized carbons (Fsp3) is 0.545. The van der Waals surface area contributed by atoms with Crippen LogP contribution in [0.15, 0.2) is 10.8 Å². The minimum absolute atomic E-state index is 0.787. The van der Waals surface area contributed by atoms with E-state index < -0.39 is 0 Å². The number of hydrogen-bond acceptors (Lipinski definition) is 4. The lowest BCUT2D eigenvalue weighted by Crippen LogP contribution is -2.20. The Kier molecular flexibility index (Phi) is 4.13. The maximum atomic E-state index is 4.36. The number of nitrogens with one attached hydrogen (secondary N) is 1. The van der Waals surface area contributed by atoms with Gasteiger partial charge in [-0.05, 0) is 22.9 Å². The molecule has 0 atom stereocenters. The third kappa shape index (κ3) is 2.78. The molecule has 0 radical (unpaired) electrons. The Labute approximate surface area is 115 Å². The predicted molar refractivity (Wildman–Crippen MR) is 72.1 cm³/mol. The van der Waals surface area contributed by atoms with E-state index in [0.29, 0.717) is 0 Å². The molecule has 0 saturated carbocycles. The van der Waals surface area contributed by atoms with Gasteiger partial charge in [0.15, 0.2) is 0 Å². The van der Waals surface area contributed by atoms with Crippen molar-refractivity contribution in [3.8, 4) is 0 Å². The Morgan fingerprint density at radius 2 is 2.17 bits per heavy atom. The predicted octanol–water partition coefficient (Wildman–Crippen LogP) is 0.952. The summed E-state index contributed by atoms with van der Waals surface area (Å²) < 4.78 is 4.91. The van der Waals surface area contributed by atoms with Gasteiger partial charge in [-0.2, -0.15) is 5.10 Å². The van der Waals surface area contributed by atoms with E-state index in [-0.39, 0.29) is 0 Å². The zero-order valence-corrected chi connectivity index (χ0v) is 12.4. The van der Waals surface area contributed by atoms with Gasteiger partial charge in [-0.3, -0.25) is 4.68 Å². The van der Waals surface area contributed by atoms with Crippen molar-refractivity contribution < 1.29 is 0 Å². The summed E-state index contributed by atoms with van der Waals surface area (Å²) in [6.07, 6.45) is 2.58. The molecule has 0 unspecified atom stereocenters. The summed E-state index contributed by atoms with van der Waals surface area (Å²) in [7, 11) is 3.91. The van der Waals surface area contributed by atoms with Crippen LogP contribution < -0.4 is 5.32 Å². The van der Waals surface area contributed by atoms with Crippen molar-refractivity contribution in [3.63, 3.8) is 0 Å². The molecule has 0 aliphatic heterocycles. The highest BCUT2D eigenvalue weighted by molar-refractivity contribution is 9.10. The highest BCUT2D eigenvalue weighted by atomic mass is 79.9. The van der Waals surface area contributed by atoms with Gasteiger partial charge in [0.05, 0.1) is 15.9 Å². The molecule has 0 bridgehead atoms. The molecule has 18 heavy (non-hydrogen) atoms. The maximum Gasteiger partial charge on any atom is 0.133 e. The first-order valence-electron chi connectivity index (χ1n) is 5.81. The molecule has 0 saturated heterocycles. The quantitative estimate of drug-likeness (QED) is 0.835. The van der Waals surface area contributed by atoms with Gasteiger partial charge in [0.2, 0.25) is 0 Å². The van der Waals surface area contributed by atoms with Crippen LogP contribution in [0.5, 0.6) is 0 Å². The molecule has 7 heteroatoms. The zero-order chi connectivity index (χ0) is 13.1. The first-order valence-corrected chi connectivity index (χ1v) is 6.60. The Bertz CT molecular complexity index is 530. The van der Waals surface area contributed by atoms with Gasteiger partial charge >= 0.3 is 0 Å². The van der Waals surface area contributed by atoms with Gasteiger partial charge in [-0.25, -0.2) is 0 Å². The van der Waals surface area contributed by atoms with E-state index in [0.717, 1.165) is 41.2 Å². The topological polar surface area (TPSA) is 60.6 Å². The number of hydrogen-bond donors (Lipinski definition) is 1. The molecule has 1 N–H and O–H groups in total. The van der Waals surface area contributed by atoms with Gasteiger partial charge in [0.1, 0.15) is 12.2 Å². The number of halogens is 1. The highest BCUT2D eigenvalue weighted by Crippen LogP contribution is 2.19. The molecule has 98 valence electrons. The van der Waals surface area contributed by atoms with E-state index >= 15 is 0 Å². The lowest BCUT2D eigenvalue weighted by Gasteiger charge is -2.05.